The van der Waals surface area contributed by atoms with E-state index in [0.717, 1.165) is 31.5 Å². The molecular formula is C13H19ClN2O. The third-order valence-corrected chi connectivity index (χ3v) is 3.56. The van der Waals surface area contributed by atoms with Crippen molar-refractivity contribution in [2.45, 2.75) is 44.9 Å². The van der Waals surface area contributed by atoms with E-state index in [0.29, 0.717) is 5.15 Å². The fraction of sp³-hybridized carbons (Fsp3) is 0.615. The second-order valence-corrected chi connectivity index (χ2v) is 5.66. The molecule has 17 heavy (non-hydrogen) atoms. The van der Waals surface area contributed by atoms with Crippen LogP contribution in [0.1, 0.15) is 32.3 Å². The molecule has 1 aliphatic heterocycles. The van der Waals surface area contributed by atoms with Crippen LogP contribution in [-0.4, -0.2) is 33.2 Å². The van der Waals surface area contributed by atoms with E-state index in [2.05, 4.69) is 9.88 Å². The third-order valence-electron chi connectivity index (χ3n) is 3.36. The summed E-state index contributed by atoms with van der Waals surface area (Å²) < 4.78 is 0. The summed E-state index contributed by atoms with van der Waals surface area (Å²) in [6, 6.07) is 4.10. The van der Waals surface area contributed by atoms with E-state index < -0.39 is 5.60 Å². The maximum absolute atomic E-state index is 10.1. The molecule has 1 aromatic heterocycles. The minimum absolute atomic E-state index is 0.231. The van der Waals surface area contributed by atoms with Crippen LogP contribution in [0, 0.1) is 0 Å². The molecule has 3 nitrogen and oxygen atoms in total. The number of aromatic nitrogens is 1. The summed E-state index contributed by atoms with van der Waals surface area (Å²) in [4.78, 5) is 6.30. The number of aliphatic hydroxyl groups is 1. The Morgan fingerprint density at radius 1 is 1.59 bits per heavy atom. The molecule has 0 spiro atoms. The van der Waals surface area contributed by atoms with Gasteiger partial charge in [-0.1, -0.05) is 11.6 Å². The summed E-state index contributed by atoms with van der Waals surface area (Å²) >= 11 is 5.88. The van der Waals surface area contributed by atoms with E-state index >= 15 is 0 Å². The van der Waals surface area contributed by atoms with Crippen molar-refractivity contribution in [3.8, 4) is 0 Å². The largest absolute Gasteiger partial charge is 0.389 e. The smallest absolute Gasteiger partial charge is 0.129 e. The highest BCUT2D eigenvalue weighted by Gasteiger charge is 2.35. The summed E-state index contributed by atoms with van der Waals surface area (Å²) in [7, 11) is 0. The molecule has 0 radical (unpaired) electrons. The Labute approximate surface area is 107 Å². The van der Waals surface area contributed by atoms with Gasteiger partial charge in [-0.05, 0) is 50.9 Å². The number of rotatable bonds is 3. The first kappa shape index (κ1) is 12.8. The second-order valence-electron chi connectivity index (χ2n) is 5.27. The van der Waals surface area contributed by atoms with E-state index in [4.69, 9.17) is 11.6 Å². The van der Waals surface area contributed by atoms with Crippen molar-refractivity contribution in [2.75, 3.05) is 6.54 Å². The molecular weight excluding hydrogens is 236 g/mol. The van der Waals surface area contributed by atoms with Crippen LogP contribution < -0.4 is 0 Å². The van der Waals surface area contributed by atoms with Crippen LogP contribution in [0.5, 0.6) is 0 Å². The van der Waals surface area contributed by atoms with Gasteiger partial charge in [-0.25, -0.2) is 4.98 Å². The van der Waals surface area contributed by atoms with Crippen molar-refractivity contribution in [1.82, 2.24) is 9.88 Å². The van der Waals surface area contributed by atoms with Gasteiger partial charge in [0.1, 0.15) is 5.15 Å². The van der Waals surface area contributed by atoms with Gasteiger partial charge in [0.2, 0.25) is 0 Å². The fourth-order valence-electron chi connectivity index (χ4n) is 2.59. The summed E-state index contributed by atoms with van der Waals surface area (Å²) in [5.41, 5.74) is 0.508. The molecule has 1 aliphatic rings. The zero-order valence-electron chi connectivity index (χ0n) is 10.4. The SMILES string of the molecule is CC(C)(O)C1CCCN1Cc1ccnc(Cl)c1. The van der Waals surface area contributed by atoms with Crippen molar-refractivity contribution in [2.24, 2.45) is 0 Å². The van der Waals surface area contributed by atoms with Crippen molar-refractivity contribution in [1.29, 1.82) is 0 Å². The minimum atomic E-state index is -0.646. The molecule has 1 aromatic rings. The van der Waals surface area contributed by atoms with Crippen LogP contribution in [0.25, 0.3) is 0 Å². The Hall–Kier alpha value is -0.640. The first-order valence-electron chi connectivity index (χ1n) is 6.03. The lowest BCUT2D eigenvalue weighted by atomic mass is 9.96. The van der Waals surface area contributed by atoms with Gasteiger partial charge in [0.25, 0.3) is 0 Å². The molecule has 0 saturated carbocycles. The molecule has 1 N–H and O–H groups in total. The number of nitrogens with zero attached hydrogens (tertiary/aromatic N) is 2. The number of pyridine rings is 1. The van der Waals surface area contributed by atoms with Crippen LogP contribution in [0.2, 0.25) is 5.15 Å². The van der Waals surface area contributed by atoms with E-state index in [-0.39, 0.29) is 6.04 Å². The fourth-order valence-corrected chi connectivity index (χ4v) is 2.79. The monoisotopic (exact) mass is 254 g/mol. The molecule has 1 fully saturated rings. The predicted molar refractivity (Wildman–Crippen MR) is 69.0 cm³/mol. The Kier molecular flexibility index (Phi) is 3.71. The second kappa shape index (κ2) is 4.92. The van der Waals surface area contributed by atoms with Crippen LogP contribution in [0.3, 0.4) is 0 Å². The van der Waals surface area contributed by atoms with Gasteiger partial charge in [0, 0.05) is 18.8 Å². The molecule has 4 heteroatoms. The lowest BCUT2D eigenvalue weighted by molar-refractivity contribution is -0.00501. The molecule has 2 rings (SSSR count). The first-order valence-corrected chi connectivity index (χ1v) is 6.41. The highest BCUT2D eigenvalue weighted by atomic mass is 35.5. The number of hydrogen-bond acceptors (Lipinski definition) is 3. The predicted octanol–water partition coefficient (Wildman–Crippen LogP) is 2.47. The van der Waals surface area contributed by atoms with Crippen LogP contribution in [-0.2, 0) is 6.54 Å². The zero-order chi connectivity index (χ0) is 12.5. The Morgan fingerprint density at radius 3 is 3.00 bits per heavy atom. The molecule has 1 unspecified atom stereocenters. The molecule has 1 saturated heterocycles. The quantitative estimate of drug-likeness (QED) is 0.842. The van der Waals surface area contributed by atoms with Gasteiger partial charge >= 0.3 is 0 Å². The van der Waals surface area contributed by atoms with Gasteiger partial charge in [0.05, 0.1) is 5.60 Å². The van der Waals surface area contributed by atoms with Crippen molar-refractivity contribution >= 4 is 11.6 Å². The molecule has 0 aliphatic carbocycles. The summed E-state index contributed by atoms with van der Waals surface area (Å²) in [6.07, 6.45) is 3.93. The Balaban J connectivity index is 2.08. The van der Waals surface area contributed by atoms with E-state index in [9.17, 15) is 5.11 Å². The lowest BCUT2D eigenvalue weighted by Gasteiger charge is -2.33. The normalized spacial score (nSPS) is 22.0. The van der Waals surface area contributed by atoms with Crippen molar-refractivity contribution < 1.29 is 5.11 Å². The molecule has 0 aromatic carbocycles. The molecule has 0 amide bonds. The zero-order valence-corrected chi connectivity index (χ0v) is 11.1. The summed E-state index contributed by atoms with van der Waals surface area (Å²) in [6.45, 7) is 5.64. The van der Waals surface area contributed by atoms with Gasteiger partial charge in [-0.15, -0.1) is 0 Å². The van der Waals surface area contributed by atoms with Gasteiger partial charge in [-0.3, -0.25) is 4.90 Å². The maximum Gasteiger partial charge on any atom is 0.129 e. The molecule has 94 valence electrons. The van der Waals surface area contributed by atoms with E-state index in [1.165, 1.54) is 0 Å². The molecule has 1 atom stereocenters. The average molecular weight is 255 g/mol. The van der Waals surface area contributed by atoms with E-state index in [1.807, 2.05) is 26.0 Å². The van der Waals surface area contributed by atoms with Gasteiger partial charge < -0.3 is 5.11 Å². The van der Waals surface area contributed by atoms with Crippen LogP contribution in [0.15, 0.2) is 18.3 Å². The van der Waals surface area contributed by atoms with Crippen LogP contribution >= 0.6 is 11.6 Å². The van der Waals surface area contributed by atoms with Gasteiger partial charge in [0.15, 0.2) is 0 Å². The van der Waals surface area contributed by atoms with Crippen molar-refractivity contribution in [3.05, 3.63) is 29.0 Å². The van der Waals surface area contributed by atoms with Crippen LogP contribution in [0.4, 0.5) is 0 Å². The Morgan fingerprint density at radius 2 is 2.35 bits per heavy atom. The maximum atomic E-state index is 10.1. The Bertz CT molecular complexity index is 389. The summed E-state index contributed by atoms with van der Waals surface area (Å²) in [5.74, 6) is 0. The average Bonchev–Trinajstić information content (AvgIpc) is 2.65. The molecule has 0 bridgehead atoms. The number of likely N-dealkylation sites (tertiary alicyclic amines) is 1. The standard InChI is InChI=1S/C13H19ClN2O/c1-13(2,17)11-4-3-7-16(11)9-10-5-6-15-12(14)8-10/h5-6,8,11,17H,3-4,7,9H2,1-2H3. The minimum Gasteiger partial charge on any atom is -0.389 e. The third kappa shape index (κ3) is 3.18. The number of hydrogen-bond donors (Lipinski definition) is 1. The topological polar surface area (TPSA) is 36.4 Å². The van der Waals surface area contributed by atoms with Crippen molar-refractivity contribution in [3.63, 3.8) is 0 Å². The van der Waals surface area contributed by atoms with E-state index in [1.54, 1.807) is 6.20 Å². The summed E-state index contributed by atoms with van der Waals surface area (Å²) in [5, 5.41) is 10.7. The lowest BCUT2D eigenvalue weighted by Crippen LogP contribution is -2.45. The highest BCUT2D eigenvalue weighted by Crippen LogP contribution is 2.28. The number of halogens is 1. The highest BCUT2D eigenvalue weighted by molar-refractivity contribution is 6.29. The molecule has 2 heterocycles. The first-order chi connectivity index (χ1) is 7.97. The van der Waals surface area contributed by atoms with Gasteiger partial charge in [-0.2, -0.15) is 0 Å².